The fourth-order valence-electron chi connectivity index (χ4n) is 2.59. The van der Waals surface area contributed by atoms with Crippen LogP contribution in [0.25, 0.3) is 0 Å². The Kier molecular flexibility index (Phi) is 6.61. The molecule has 0 aliphatic heterocycles. The molecule has 0 spiro atoms. The number of nitrogens with one attached hydrogen (secondary N) is 1. The van der Waals surface area contributed by atoms with Gasteiger partial charge in [0.2, 0.25) is 15.9 Å². The smallest absolute Gasteiger partial charge is 0.350 e. The van der Waals surface area contributed by atoms with E-state index in [-0.39, 0.29) is 17.8 Å². The Morgan fingerprint density at radius 3 is 2.32 bits per heavy atom. The van der Waals surface area contributed by atoms with Gasteiger partial charge in [-0.3, -0.25) is 9.10 Å². The molecule has 0 aromatic heterocycles. The molecule has 0 aliphatic rings. The first-order chi connectivity index (χ1) is 12.9. The quantitative estimate of drug-likeness (QED) is 0.751. The molecule has 5 nitrogen and oxygen atoms in total. The summed E-state index contributed by atoms with van der Waals surface area (Å²) in [6.07, 6.45) is -3.53. The summed E-state index contributed by atoms with van der Waals surface area (Å²) in [7, 11) is -3.80. The Labute approximate surface area is 166 Å². The van der Waals surface area contributed by atoms with Crippen LogP contribution in [0, 0.1) is 0 Å². The largest absolute Gasteiger partial charge is 0.416 e. The molecule has 0 aliphatic carbocycles. The summed E-state index contributed by atoms with van der Waals surface area (Å²) in [4.78, 5) is 12.5. The second-order valence-electron chi connectivity index (χ2n) is 6.13. The van der Waals surface area contributed by atoms with Crippen molar-refractivity contribution in [3.8, 4) is 0 Å². The Morgan fingerprint density at radius 1 is 1.18 bits per heavy atom. The van der Waals surface area contributed by atoms with Crippen molar-refractivity contribution in [3.05, 3.63) is 64.7 Å². The molecule has 10 heteroatoms. The summed E-state index contributed by atoms with van der Waals surface area (Å²) in [5.41, 5.74) is -0.340. The van der Waals surface area contributed by atoms with Gasteiger partial charge in [0.1, 0.15) is 6.04 Å². The number of hydrogen-bond acceptors (Lipinski definition) is 3. The van der Waals surface area contributed by atoms with Gasteiger partial charge in [0.15, 0.2) is 0 Å². The van der Waals surface area contributed by atoms with Gasteiger partial charge in [0.05, 0.1) is 17.5 Å². The van der Waals surface area contributed by atoms with Crippen LogP contribution in [0.5, 0.6) is 0 Å². The van der Waals surface area contributed by atoms with Crippen LogP contribution in [0.15, 0.2) is 48.5 Å². The lowest BCUT2D eigenvalue weighted by Gasteiger charge is -2.28. The number of alkyl halides is 3. The maximum Gasteiger partial charge on any atom is 0.416 e. The molecule has 0 saturated heterocycles. The monoisotopic (exact) mass is 434 g/mol. The number of hydrogen-bond donors (Lipinski definition) is 1. The van der Waals surface area contributed by atoms with Gasteiger partial charge in [-0.1, -0.05) is 23.7 Å². The van der Waals surface area contributed by atoms with Gasteiger partial charge in [0, 0.05) is 11.6 Å². The van der Waals surface area contributed by atoms with Crippen molar-refractivity contribution in [2.45, 2.75) is 25.7 Å². The molecule has 1 N–H and O–H groups in total. The number of nitrogens with zero attached hydrogens (tertiary/aromatic N) is 1. The lowest BCUT2D eigenvalue weighted by molar-refractivity contribution is -0.137. The second kappa shape index (κ2) is 8.40. The van der Waals surface area contributed by atoms with E-state index >= 15 is 0 Å². The van der Waals surface area contributed by atoms with Gasteiger partial charge in [-0.05, 0) is 48.9 Å². The Morgan fingerprint density at radius 2 is 1.79 bits per heavy atom. The number of halogens is 4. The summed E-state index contributed by atoms with van der Waals surface area (Å²) >= 11 is 5.81. The van der Waals surface area contributed by atoms with Crippen LogP contribution in [-0.4, -0.2) is 26.6 Å². The summed E-state index contributed by atoms with van der Waals surface area (Å²) in [6.45, 7) is 1.21. The Balaban J connectivity index is 2.17. The SMILES string of the molecule is CC(C(=O)NCc1cccc(C(F)(F)F)c1)N(c1ccc(Cl)cc1)S(C)(=O)=O. The van der Waals surface area contributed by atoms with Gasteiger partial charge in [-0.25, -0.2) is 8.42 Å². The number of benzene rings is 2. The maximum atomic E-state index is 12.8. The van der Waals surface area contributed by atoms with Crippen molar-refractivity contribution in [2.24, 2.45) is 0 Å². The first-order valence-corrected chi connectivity index (χ1v) is 10.3. The Bertz CT molecular complexity index is 947. The lowest BCUT2D eigenvalue weighted by Crippen LogP contribution is -2.47. The third-order valence-electron chi connectivity index (χ3n) is 3.89. The van der Waals surface area contributed by atoms with Crippen molar-refractivity contribution in [1.82, 2.24) is 5.32 Å². The fourth-order valence-corrected chi connectivity index (χ4v) is 3.89. The zero-order chi connectivity index (χ0) is 21.1. The summed E-state index contributed by atoms with van der Waals surface area (Å²) in [5.74, 6) is -0.655. The average molecular weight is 435 g/mol. The van der Waals surface area contributed by atoms with E-state index in [4.69, 9.17) is 11.6 Å². The summed E-state index contributed by atoms with van der Waals surface area (Å²) < 4.78 is 63.6. The highest BCUT2D eigenvalue weighted by Gasteiger charge is 2.31. The minimum atomic E-state index is -4.49. The van der Waals surface area contributed by atoms with Crippen molar-refractivity contribution in [1.29, 1.82) is 0 Å². The molecule has 2 rings (SSSR count). The first kappa shape index (κ1) is 22.0. The molecule has 1 atom stereocenters. The van der Waals surface area contributed by atoms with E-state index in [0.29, 0.717) is 5.02 Å². The molecule has 152 valence electrons. The molecule has 2 aromatic carbocycles. The van der Waals surface area contributed by atoms with Gasteiger partial charge in [-0.15, -0.1) is 0 Å². The van der Waals surface area contributed by atoms with Crippen molar-refractivity contribution < 1.29 is 26.4 Å². The van der Waals surface area contributed by atoms with Crippen LogP contribution in [0.3, 0.4) is 0 Å². The van der Waals surface area contributed by atoms with Gasteiger partial charge >= 0.3 is 6.18 Å². The maximum absolute atomic E-state index is 12.8. The number of anilines is 1. The number of amides is 1. The number of sulfonamides is 1. The lowest BCUT2D eigenvalue weighted by atomic mass is 10.1. The molecule has 0 radical (unpaired) electrons. The molecule has 28 heavy (non-hydrogen) atoms. The average Bonchev–Trinajstić information content (AvgIpc) is 2.60. The number of carbonyl (C=O) groups excluding carboxylic acids is 1. The second-order valence-corrected chi connectivity index (χ2v) is 8.42. The van der Waals surface area contributed by atoms with Crippen LogP contribution >= 0.6 is 11.6 Å². The predicted octanol–water partition coefficient (Wildman–Crippen LogP) is 3.83. The molecule has 0 saturated carbocycles. The summed E-state index contributed by atoms with van der Waals surface area (Å²) in [6, 6.07) is 9.31. The highest BCUT2D eigenvalue weighted by atomic mass is 35.5. The fraction of sp³-hybridized carbons (Fsp3) is 0.278. The normalized spacial score (nSPS) is 13.1. The third-order valence-corrected chi connectivity index (χ3v) is 5.38. The minimum Gasteiger partial charge on any atom is -0.350 e. The van der Waals surface area contributed by atoms with E-state index in [1.165, 1.54) is 43.3 Å². The van der Waals surface area contributed by atoms with Crippen LogP contribution < -0.4 is 9.62 Å². The zero-order valence-electron chi connectivity index (χ0n) is 15.0. The van der Waals surface area contributed by atoms with Crippen molar-refractivity contribution in [2.75, 3.05) is 10.6 Å². The predicted molar refractivity (Wildman–Crippen MR) is 102 cm³/mol. The Hall–Kier alpha value is -2.26. The molecule has 1 unspecified atom stereocenters. The topological polar surface area (TPSA) is 66.5 Å². The standard InChI is InChI=1S/C18H18ClF3N2O3S/c1-12(24(28(2,26)27)16-8-6-15(19)7-9-16)17(25)23-11-13-4-3-5-14(10-13)18(20,21)22/h3-10,12H,11H2,1-2H3,(H,23,25). The minimum absolute atomic E-state index is 0.175. The van der Waals surface area contributed by atoms with E-state index in [1.807, 2.05) is 0 Å². The van der Waals surface area contributed by atoms with Gasteiger partial charge < -0.3 is 5.32 Å². The number of carbonyl (C=O) groups is 1. The number of rotatable bonds is 6. The van der Waals surface area contributed by atoms with Crippen molar-refractivity contribution >= 4 is 33.2 Å². The zero-order valence-corrected chi connectivity index (χ0v) is 16.6. The van der Waals surface area contributed by atoms with Crippen LogP contribution in [-0.2, 0) is 27.5 Å². The van der Waals surface area contributed by atoms with E-state index in [2.05, 4.69) is 5.32 Å². The molecule has 0 heterocycles. The van der Waals surface area contributed by atoms with Gasteiger partial charge in [0.25, 0.3) is 0 Å². The van der Waals surface area contributed by atoms with E-state index in [0.717, 1.165) is 22.7 Å². The molecular weight excluding hydrogens is 417 g/mol. The highest BCUT2D eigenvalue weighted by molar-refractivity contribution is 7.92. The van der Waals surface area contributed by atoms with Crippen LogP contribution in [0.4, 0.5) is 18.9 Å². The first-order valence-electron chi connectivity index (χ1n) is 8.08. The molecular formula is C18H18ClF3N2O3S. The van der Waals surface area contributed by atoms with Crippen LogP contribution in [0.2, 0.25) is 5.02 Å². The molecule has 0 fully saturated rings. The van der Waals surface area contributed by atoms with Crippen LogP contribution in [0.1, 0.15) is 18.1 Å². The van der Waals surface area contributed by atoms with E-state index in [1.54, 1.807) is 0 Å². The molecule has 2 aromatic rings. The molecule has 1 amide bonds. The van der Waals surface area contributed by atoms with E-state index < -0.39 is 33.7 Å². The van der Waals surface area contributed by atoms with E-state index in [9.17, 15) is 26.4 Å². The van der Waals surface area contributed by atoms with Crippen molar-refractivity contribution in [3.63, 3.8) is 0 Å². The third kappa shape index (κ3) is 5.62. The summed E-state index contributed by atoms with van der Waals surface area (Å²) in [5, 5.41) is 2.87. The highest BCUT2D eigenvalue weighted by Crippen LogP contribution is 2.29. The van der Waals surface area contributed by atoms with Gasteiger partial charge in [-0.2, -0.15) is 13.2 Å². The molecule has 0 bridgehead atoms.